The van der Waals surface area contributed by atoms with Crippen molar-refractivity contribution in [2.24, 2.45) is 4.99 Å². The summed E-state index contributed by atoms with van der Waals surface area (Å²) in [5.41, 5.74) is 2.02. The number of fused-ring (bicyclic) bond motifs is 1. The number of anilines is 2. The molecular weight excluding hydrogens is 392 g/mol. The second-order valence-corrected chi connectivity index (χ2v) is 8.23. The number of aromatic nitrogens is 2. The number of rotatable bonds is 3. The van der Waals surface area contributed by atoms with E-state index in [0.717, 1.165) is 18.4 Å². The van der Waals surface area contributed by atoms with Crippen LogP contribution in [-0.2, 0) is 11.2 Å². The van der Waals surface area contributed by atoms with Crippen LogP contribution >= 0.6 is 11.6 Å². The summed E-state index contributed by atoms with van der Waals surface area (Å²) in [6.07, 6.45) is 4.59. The number of carbonyl (C=O) groups is 1. The first-order valence-corrected chi connectivity index (χ1v) is 9.81. The summed E-state index contributed by atoms with van der Waals surface area (Å²) in [6.45, 7) is 7.50. The summed E-state index contributed by atoms with van der Waals surface area (Å²) in [5, 5.41) is -0.000457. The van der Waals surface area contributed by atoms with Crippen LogP contribution in [0, 0.1) is 0 Å². The molecule has 1 aromatic carbocycles. The van der Waals surface area contributed by atoms with Gasteiger partial charge in [0.1, 0.15) is 5.60 Å². The predicted octanol–water partition coefficient (Wildman–Crippen LogP) is 4.97. The molecule has 0 saturated heterocycles. The number of amides is 1. The number of hydrogen-bond donors (Lipinski definition) is 0. The predicted molar refractivity (Wildman–Crippen MR) is 114 cm³/mol. The van der Waals surface area contributed by atoms with E-state index in [9.17, 15) is 4.79 Å². The Balaban J connectivity index is 2.13. The maximum absolute atomic E-state index is 13.1. The molecule has 154 valence electrons. The van der Waals surface area contributed by atoms with Crippen molar-refractivity contribution >= 4 is 35.4 Å². The van der Waals surface area contributed by atoms with Crippen LogP contribution in [0.2, 0.25) is 5.28 Å². The van der Waals surface area contributed by atoms with Crippen molar-refractivity contribution in [3.8, 4) is 5.75 Å². The van der Waals surface area contributed by atoms with Crippen LogP contribution in [-0.4, -0.2) is 41.0 Å². The third-order valence-electron chi connectivity index (χ3n) is 4.40. The number of benzene rings is 1. The molecular formula is C21H25ClN4O3. The Morgan fingerprint density at radius 2 is 2.07 bits per heavy atom. The number of halogens is 1. The molecule has 1 aliphatic rings. The third kappa shape index (κ3) is 5.03. The first-order chi connectivity index (χ1) is 13.7. The lowest BCUT2D eigenvalue weighted by Gasteiger charge is -2.28. The molecule has 2 aromatic rings. The molecule has 0 fully saturated rings. The van der Waals surface area contributed by atoms with E-state index in [0.29, 0.717) is 11.4 Å². The molecule has 0 spiro atoms. The average molecular weight is 417 g/mol. The molecule has 0 bridgehead atoms. The standard InChI is InChI=1S/C21H25ClN4O3/c1-13-6-7-14-8-9-16(10-15(14)11-23-13)26(20(27)29-21(2,3)4)18-17(28-5)12-24-19(22)25-18/h8-13H,6-7H2,1-5H3. The van der Waals surface area contributed by atoms with Crippen LogP contribution in [0.3, 0.4) is 0 Å². The fourth-order valence-electron chi connectivity index (χ4n) is 2.98. The van der Waals surface area contributed by atoms with Gasteiger partial charge in [0.15, 0.2) is 11.6 Å². The quantitative estimate of drug-likeness (QED) is 0.660. The second-order valence-electron chi connectivity index (χ2n) is 7.90. The molecule has 1 aromatic heterocycles. The molecule has 2 heterocycles. The van der Waals surface area contributed by atoms with Crippen molar-refractivity contribution in [3.63, 3.8) is 0 Å². The zero-order chi connectivity index (χ0) is 21.2. The maximum atomic E-state index is 13.1. The Labute approximate surface area is 175 Å². The molecule has 0 N–H and O–H groups in total. The Bertz CT molecular complexity index is 940. The van der Waals surface area contributed by atoms with Gasteiger partial charge in [-0.15, -0.1) is 0 Å². The zero-order valence-corrected chi connectivity index (χ0v) is 18.0. The Kier molecular flexibility index (Phi) is 6.07. The molecule has 1 atom stereocenters. The van der Waals surface area contributed by atoms with Crippen molar-refractivity contribution < 1.29 is 14.3 Å². The van der Waals surface area contributed by atoms with Crippen molar-refractivity contribution in [1.82, 2.24) is 9.97 Å². The first-order valence-electron chi connectivity index (χ1n) is 9.43. The van der Waals surface area contributed by atoms with E-state index in [1.165, 1.54) is 23.8 Å². The number of hydrogen-bond acceptors (Lipinski definition) is 6. The van der Waals surface area contributed by atoms with E-state index in [2.05, 4.69) is 21.9 Å². The zero-order valence-electron chi connectivity index (χ0n) is 17.3. The van der Waals surface area contributed by atoms with E-state index in [1.54, 1.807) is 20.8 Å². The average Bonchev–Trinajstić information content (AvgIpc) is 2.82. The van der Waals surface area contributed by atoms with Gasteiger partial charge < -0.3 is 9.47 Å². The lowest BCUT2D eigenvalue weighted by molar-refractivity contribution is 0.0597. The molecule has 0 saturated carbocycles. The number of methoxy groups -OCH3 is 1. The molecule has 1 amide bonds. The van der Waals surface area contributed by atoms with Gasteiger partial charge in [0.05, 0.1) is 19.0 Å². The summed E-state index contributed by atoms with van der Waals surface area (Å²) in [6, 6.07) is 6.02. The minimum absolute atomic E-state index is 0.000457. The normalized spacial score (nSPS) is 16.0. The van der Waals surface area contributed by atoms with Crippen LogP contribution in [0.4, 0.5) is 16.3 Å². The first kappa shape index (κ1) is 21.0. The van der Waals surface area contributed by atoms with Crippen molar-refractivity contribution in [2.75, 3.05) is 12.0 Å². The van der Waals surface area contributed by atoms with Crippen LogP contribution in [0.1, 0.15) is 45.2 Å². The van der Waals surface area contributed by atoms with Crippen LogP contribution in [0.15, 0.2) is 29.4 Å². The highest BCUT2D eigenvalue weighted by molar-refractivity contribution is 6.28. The Morgan fingerprint density at radius 3 is 2.76 bits per heavy atom. The van der Waals surface area contributed by atoms with Gasteiger partial charge in [-0.05, 0) is 75.4 Å². The van der Waals surface area contributed by atoms with Gasteiger partial charge in [-0.2, -0.15) is 4.98 Å². The van der Waals surface area contributed by atoms with E-state index in [1.807, 2.05) is 24.4 Å². The van der Waals surface area contributed by atoms with Crippen molar-refractivity contribution in [1.29, 1.82) is 0 Å². The fraction of sp³-hybridized carbons (Fsp3) is 0.429. The lowest BCUT2D eigenvalue weighted by Crippen LogP contribution is -2.34. The van der Waals surface area contributed by atoms with Crippen molar-refractivity contribution in [2.45, 2.75) is 52.2 Å². The molecule has 8 heteroatoms. The third-order valence-corrected chi connectivity index (χ3v) is 4.58. The largest absolute Gasteiger partial charge is 0.491 e. The monoisotopic (exact) mass is 416 g/mol. The van der Waals surface area contributed by atoms with E-state index >= 15 is 0 Å². The smallest absolute Gasteiger partial charge is 0.420 e. The molecule has 1 unspecified atom stereocenters. The van der Waals surface area contributed by atoms with Gasteiger partial charge in [-0.1, -0.05) is 6.07 Å². The van der Waals surface area contributed by atoms with Crippen LogP contribution < -0.4 is 9.64 Å². The topological polar surface area (TPSA) is 76.9 Å². The maximum Gasteiger partial charge on any atom is 0.420 e. The summed E-state index contributed by atoms with van der Waals surface area (Å²) >= 11 is 6.02. The number of aryl methyl sites for hydroxylation is 1. The summed E-state index contributed by atoms with van der Waals surface area (Å²) in [5.74, 6) is 0.512. The highest BCUT2D eigenvalue weighted by Crippen LogP contribution is 2.35. The molecule has 3 rings (SSSR count). The van der Waals surface area contributed by atoms with Gasteiger partial charge in [0.2, 0.25) is 5.28 Å². The highest BCUT2D eigenvalue weighted by Gasteiger charge is 2.29. The number of carbonyl (C=O) groups excluding carboxylic acids is 1. The number of aliphatic imine (C=N–C) groups is 1. The minimum atomic E-state index is -0.692. The number of ether oxygens (including phenoxy) is 2. The lowest BCUT2D eigenvalue weighted by atomic mass is 10.0. The molecule has 1 aliphatic heterocycles. The van der Waals surface area contributed by atoms with Crippen molar-refractivity contribution in [3.05, 3.63) is 40.8 Å². The van der Waals surface area contributed by atoms with Gasteiger partial charge >= 0.3 is 6.09 Å². The number of nitrogens with zero attached hydrogens (tertiary/aromatic N) is 4. The second kappa shape index (κ2) is 8.37. The highest BCUT2D eigenvalue weighted by atomic mass is 35.5. The summed E-state index contributed by atoms with van der Waals surface area (Å²) in [7, 11) is 1.48. The SMILES string of the molecule is COc1cnc(Cl)nc1N(C(=O)OC(C)(C)C)c1ccc2c(c1)C=NC(C)CC2. The Morgan fingerprint density at radius 1 is 1.31 bits per heavy atom. The molecule has 7 nitrogen and oxygen atoms in total. The summed E-state index contributed by atoms with van der Waals surface area (Å²) < 4.78 is 11.0. The fourth-order valence-corrected chi connectivity index (χ4v) is 3.11. The minimum Gasteiger partial charge on any atom is -0.491 e. The van der Waals surface area contributed by atoms with Gasteiger partial charge in [0.25, 0.3) is 0 Å². The van der Waals surface area contributed by atoms with E-state index in [4.69, 9.17) is 21.1 Å². The van der Waals surface area contributed by atoms with Gasteiger partial charge in [0, 0.05) is 12.3 Å². The van der Waals surface area contributed by atoms with E-state index < -0.39 is 11.7 Å². The molecule has 0 aliphatic carbocycles. The van der Waals surface area contributed by atoms with Gasteiger partial charge in [-0.25, -0.2) is 14.7 Å². The summed E-state index contributed by atoms with van der Waals surface area (Å²) in [4.78, 5) is 27.2. The molecule has 29 heavy (non-hydrogen) atoms. The van der Waals surface area contributed by atoms with Gasteiger partial charge in [-0.3, -0.25) is 4.99 Å². The van der Waals surface area contributed by atoms with E-state index in [-0.39, 0.29) is 17.1 Å². The molecule has 0 radical (unpaired) electrons. The van der Waals surface area contributed by atoms with Crippen LogP contribution in [0.5, 0.6) is 5.75 Å². The van der Waals surface area contributed by atoms with Crippen LogP contribution in [0.25, 0.3) is 0 Å². The Hall–Kier alpha value is -2.67.